The standard InChI is InChI=1S/C16H17FN2O/c17-14-8-6-13(7-9-14)12-16(20)19-11-3-5-15-4-1-2-10-18-15/h1-2,4,6-10H,3,5,11-12H2,(H,19,20). The van der Waals surface area contributed by atoms with Gasteiger partial charge in [0.25, 0.3) is 0 Å². The Bertz CT molecular complexity index is 540. The molecule has 0 aliphatic heterocycles. The number of aryl methyl sites for hydroxylation is 1. The molecule has 0 spiro atoms. The van der Waals surface area contributed by atoms with Gasteiger partial charge in [-0.05, 0) is 42.7 Å². The number of hydrogen-bond donors (Lipinski definition) is 1. The van der Waals surface area contributed by atoms with Crippen molar-refractivity contribution in [2.24, 2.45) is 0 Å². The summed E-state index contributed by atoms with van der Waals surface area (Å²) in [6, 6.07) is 11.8. The van der Waals surface area contributed by atoms with Crippen molar-refractivity contribution in [3.63, 3.8) is 0 Å². The van der Waals surface area contributed by atoms with Crippen LogP contribution in [0.3, 0.4) is 0 Å². The molecule has 1 heterocycles. The van der Waals surface area contributed by atoms with Crippen LogP contribution in [0.15, 0.2) is 48.7 Å². The molecule has 0 aliphatic rings. The average molecular weight is 272 g/mol. The molecule has 104 valence electrons. The van der Waals surface area contributed by atoms with Crippen molar-refractivity contribution >= 4 is 5.91 Å². The number of hydrogen-bond acceptors (Lipinski definition) is 2. The van der Waals surface area contributed by atoms with E-state index in [0.717, 1.165) is 24.1 Å². The number of carbonyl (C=O) groups is 1. The number of halogens is 1. The third-order valence-corrected chi connectivity index (χ3v) is 2.94. The second-order valence-electron chi connectivity index (χ2n) is 4.58. The highest BCUT2D eigenvalue weighted by molar-refractivity contribution is 5.78. The minimum Gasteiger partial charge on any atom is -0.356 e. The summed E-state index contributed by atoms with van der Waals surface area (Å²) in [6.07, 6.45) is 3.75. The maximum absolute atomic E-state index is 12.7. The Balaban J connectivity index is 1.66. The molecule has 1 amide bonds. The summed E-state index contributed by atoms with van der Waals surface area (Å²) >= 11 is 0. The number of nitrogens with one attached hydrogen (secondary N) is 1. The Morgan fingerprint density at radius 1 is 1.15 bits per heavy atom. The maximum Gasteiger partial charge on any atom is 0.224 e. The summed E-state index contributed by atoms with van der Waals surface area (Å²) in [5.74, 6) is -0.331. The second kappa shape index (κ2) is 7.38. The van der Waals surface area contributed by atoms with E-state index in [0.29, 0.717) is 6.54 Å². The third-order valence-electron chi connectivity index (χ3n) is 2.94. The van der Waals surface area contributed by atoms with Crippen LogP contribution in [0, 0.1) is 5.82 Å². The molecular weight excluding hydrogens is 255 g/mol. The topological polar surface area (TPSA) is 42.0 Å². The fourth-order valence-electron chi connectivity index (χ4n) is 1.89. The van der Waals surface area contributed by atoms with Crippen LogP contribution in [-0.4, -0.2) is 17.4 Å². The molecule has 0 aliphatic carbocycles. The summed E-state index contributed by atoms with van der Waals surface area (Å²) in [5, 5.41) is 2.86. The molecule has 1 aromatic heterocycles. The summed E-state index contributed by atoms with van der Waals surface area (Å²) in [4.78, 5) is 15.9. The summed E-state index contributed by atoms with van der Waals surface area (Å²) in [5.41, 5.74) is 1.84. The zero-order valence-electron chi connectivity index (χ0n) is 11.2. The second-order valence-corrected chi connectivity index (χ2v) is 4.58. The zero-order chi connectivity index (χ0) is 14.2. The van der Waals surface area contributed by atoms with Crippen LogP contribution >= 0.6 is 0 Å². The zero-order valence-corrected chi connectivity index (χ0v) is 11.2. The molecule has 0 saturated heterocycles. The molecule has 0 bridgehead atoms. The molecule has 3 nitrogen and oxygen atoms in total. The predicted molar refractivity (Wildman–Crippen MR) is 75.7 cm³/mol. The van der Waals surface area contributed by atoms with Crippen molar-refractivity contribution in [2.75, 3.05) is 6.54 Å². The molecule has 0 fully saturated rings. The van der Waals surface area contributed by atoms with Crippen molar-refractivity contribution in [1.29, 1.82) is 0 Å². The van der Waals surface area contributed by atoms with Gasteiger partial charge in [-0.2, -0.15) is 0 Å². The Morgan fingerprint density at radius 3 is 2.65 bits per heavy atom. The first-order valence-electron chi connectivity index (χ1n) is 6.65. The number of aromatic nitrogens is 1. The van der Waals surface area contributed by atoms with E-state index in [2.05, 4.69) is 10.3 Å². The lowest BCUT2D eigenvalue weighted by molar-refractivity contribution is -0.120. The van der Waals surface area contributed by atoms with Crippen molar-refractivity contribution < 1.29 is 9.18 Å². The Morgan fingerprint density at radius 2 is 1.95 bits per heavy atom. The number of benzene rings is 1. The monoisotopic (exact) mass is 272 g/mol. The molecule has 2 aromatic rings. The molecular formula is C16H17FN2O. The predicted octanol–water partition coefficient (Wildman–Crippen LogP) is 2.51. The first-order chi connectivity index (χ1) is 9.74. The maximum atomic E-state index is 12.7. The highest BCUT2D eigenvalue weighted by atomic mass is 19.1. The third kappa shape index (κ3) is 4.80. The van der Waals surface area contributed by atoms with Crippen LogP contribution in [-0.2, 0) is 17.6 Å². The van der Waals surface area contributed by atoms with E-state index in [1.54, 1.807) is 18.3 Å². The molecule has 0 atom stereocenters. The van der Waals surface area contributed by atoms with Gasteiger partial charge in [0, 0.05) is 18.4 Å². The number of amides is 1. The molecule has 4 heteroatoms. The minimum atomic E-state index is -0.287. The molecule has 0 saturated carbocycles. The fraction of sp³-hybridized carbons (Fsp3) is 0.250. The van der Waals surface area contributed by atoms with Gasteiger partial charge in [0.2, 0.25) is 5.91 Å². The number of carbonyl (C=O) groups excluding carboxylic acids is 1. The quantitative estimate of drug-likeness (QED) is 0.821. The van der Waals surface area contributed by atoms with E-state index in [1.807, 2.05) is 18.2 Å². The first-order valence-corrected chi connectivity index (χ1v) is 6.65. The van der Waals surface area contributed by atoms with Gasteiger partial charge in [0.15, 0.2) is 0 Å². The lowest BCUT2D eigenvalue weighted by atomic mass is 10.1. The largest absolute Gasteiger partial charge is 0.356 e. The van der Waals surface area contributed by atoms with Crippen LogP contribution < -0.4 is 5.32 Å². The molecule has 2 rings (SSSR count). The minimum absolute atomic E-state index is 0.0439. The van der Waals surface area contributed by atoms with E-state index in [1.165, 1.54) is 12.1 Å². The molecule has 1 aromatic carbocycles. The highest BCUT2D eigenvalue weighted by Crippen LogP contribution is 2.03. The SMILES string of the molecule is O=C(Cc1ccc(F)cc1)NCCCc1ccccn1. The average Bonchev–Trinajstić information content (AvgIpc) is 2.47. The number of pyridine rings is 1. The highest BCUT2D eigenvalue weighted by Gasteiger charge is 2.03. The van der Waals surface area contributed by atoms with E-state index >= 15 is 0 Å². The van der Waals surface area contributed by atoms with Gasteiger partial charge in [-0.25, -0.2) is 4.39 Å². The van der Waals surface area contributed by atoms with Gasteiger partial charge in [-0.3, -0.25) is 9.78 Å². The van der Waals surface area contributed by atoms with Crippen LogP contribution in [0.5, 0.6) is 0 Å². The van der Waals surface area contributed by atoms with Gasteiger partial charge >= 0.3 is 0 Å². The first kappa shape index (κ1) is 14.2. The normalized spacial score (nSPS) is 10.2. The van der Waals surface area contributed by atoms with Gasteiger partial charge in [0.1, 0.15) is 5.82 Å². The lowest BCUT2D eigenvalue weighted by Gasteiger charge is -2.05. The van der Waals surface area contributed by atoms with E-state index in [-0.39, 0.29) is 18.1 Å². The van der Waals surface area contributed by atoms with E-state index < -0.39 is 0 Å². The number of rotatable bonds is 6. The van der Waals surface area contributed by atoms with Crippen LogP contribution in [0.1, 0.15) is 17.7 Å². The Hall–Kier alpha value is -2.23. The lowest BCUT2D eigenvalue weighted by Crippen LogP contribution is -2.26. The van der Waals surface area contributed by atoms with E-state index in [4.69, 9.17) is 0 Å². The van der Waals surface area contributed by atoms with Crippen molar-refractivity contribution in [3.8, 4) is 0 Å². The van der Waals surface area contributed by atoms with Crippen LogP contribution in [0.2, 0.25) is 0 Å². The molecule has 1 N–H and O–H groups in total. The van der Waals surface area contributed by atoms with E-state index in [9.17, 15) is 9.18 Å². The van der Waals surface area contributed by atoms with Crippen molar-refractivity contribution in [3.05, 3.63) is 65.7 Å². The van der Waals surface area contributed by atoms with Gasteiger partial charge < -0.3 is 5.32 Å². The fourth-order valence-corrected chi connectivity index (χ4v) is 1.89. The van der Waals surface area contributed by atoms with Crippen LogP contribution in [0.4, 0.5) is 4.39 Å². The summed E-state index contributed by atoms with van der Waals surface area (Å²) in [6.45, 7) is 0.622. The van der Waals surface area contributed by atoms with Crippen LogP contribution in [0.25, 0.3) is 0 Å². The Kier molecular flexibility index (Phi) is 5.24. The summed E-state index contributed by atoms with van der Waals surface area (Å²) < 4.78 is 12.7. The van der Waals surface area contributed by atoms with Gasteiger partial charge in [-0.15, -0.1) is 0 Å². The van der Waals surface area contributed by atoms with Gasteiger partial charge in [-0.1, -0.05) is 18.2 Å². The molecule has 0 unspecified atom stereocenters. The summed E-state index contributed by atoms with van der Waals surface area (Å²) in [7, 11) is 0. The number of nitrogens with zero attached hydrogens (tertiary/aromatic N) is 1. The smallest absolute Gasteiger partial charge is 0.224 e. The van der Waals surface area contributed by atoms with Gasteiger partial charge in [0.05, 0.1) is 6.42 Å². The molecule has 20 heavy (non-hydrogen) atoms. The van der Waals surface area contributed by atoms with Crippen molar-refractivity contribution in [2.45, 2.75) is 19.3 Å². The Labute approximate surface area is 117 Å². The van der Waals surface area contributed by atoms with Crippen molar-refractivity contribution in [1.82, 2.24) is 10.3 Å². The molecule has 0 radical (unpaired) electrons.